The van der Waals surface area contributed by atoms with E-state index in [1.807, 2.05) is 30.9 Å². The van der Waals surface area contributed by atoms with Crippen LogP contribution in [0.15, 0.2) is 41.2 Å². The number of carbonyl (C=O) groups is 4. The number of nitrogens with two attached hydrogens (primary N) is 1. The zero-order chi connectivity index (χ0) is 29.4. The Labute approximate surface area is 230 Å². The van der Waals surface area contributed by atoms with Crippen molar-refractivity contribution in [2.24, 2.45) is 17.6 Å². The number of phenols is 1. The van der Waals surface area contributed by atoms with Gasteiger partial charge in [-0.05, 0) is 64.4 Å². The molecule has 0 bridgehead atoms. The fraction of sp³-hybridized carbons (Fsp3) is 0.448. The van der Waals surface area contributed by atoms with Gasteiger partial charge in [0.1, 0.15) is 22.8 Å². The first kappa shape index (κ1) is 27.8. The summed E-state index contributed by atoms with van der Waals surface area (Å²) in [6, 6.07) is 1.70. The van der Waals surface area contributed by atoms with E-state index in [9.17, 15) is 39.6 Å². The van der Waals surface area contributed by atoms with Crippen LogP contribution in [-0.2, 0) is 20.8 Å². The molecule has 1 fully saturated rings. The van der Waals surface area contributed by atoms with Gasteiger partial charge in [0.15, 0.2) is 17.2 Å². The number of hydrogen-bond donors (Lipinski definition) is 5. The highest BCUT2D eigenvalue weighted by atomic mass is 16.3. The van der Waals surface area contributed by atoms with Gasteiger partial charge in [0.2, 0.25) is 5.78 Å². The van der Waals surface area contributed by atoms with Gasteiger partial charge in [-0.1, -0.05) is 12.2 Å². The van der Waals surface area contributed by atoms with Crippen molar-refractivity contribution in [2.45, 2.75) is 50.4 Å². The third kappa shape index (κ3) is 3.75. The number of carbonyl (C=O) groups excluding carboxylic acids is 4. The molecule has 1 aromatic rings. The zero-order valence-corrected chi connectivity index (χ0v) is 22.7. The largest absolute Gasteiger partial charge is 0.508 e. The number of aliphatic hydroxyl groups excluding tert-OH is 2. The standard InChI is InChI=1S/C29H33N3O8/c1-12-5-6-13(2)32(12)11-19(34)15-7-8-18(33)21-16(15)9-14-10-17-23(31(3)4)25(36)22(28(30)39)27(38)29(17,40)26(37)20(14)24(21)35/h5-8,12-14,17,23,33,35,38,40H,9-11H2,1-4H3,(H2,30,39)/t12?,13?,14-,17-,23+,29-/m0/s1. The van der Waals surface area contributed by atoms with Crippen molar-refractivity contribution in [3.8, 4) is 5.75 Å². The van der Waals surface area contributed by atoms with E-state index in [0.717, 1.165) is 0 Å². The SMILES string of the molecule is CC1C=CC(C)N1CC(=O)c1ccc(O)c2c1C[C@H]1C[C@H]3[C@@H](N(C)C)C(=O)C(C(N)=O)=C(O)[C@@]3(O)C(=O)C1=C2O. The minimum atomic E-state index is -2.71. The quantitative estimate of drug-likeness (QED) is 0.199. The minimum absolute atomic E-state index is 0.0425. The molecule has 1 amide bonds. The predicted molar refractivity (Wildman–Crippen MR) is 143 cm³/mol. The number of aromatic hydroxyl groups is 1. The Balaban J connectivity index is 1.64. The summed E-state index contributed by atoms with van der Waals surface area (Å²) in [5, 5.41) is 44.7. The number of fused-ring (bicyclic) bond motifs is 3. The lowest BCUT2D eigenvalue weighted by atomic mass is 9.57. The average molecular weight is 552 g/mol. The van der Waals surface area contributed by atoms with Crippen LogP contribution < -0.4 is 5.73 Å². The number of rotatable bonds is 5. The Morgan fingerprint density at radius 2 is 1.73 bits per heavy atom. The molecule has 2 unspecified atom stereocenters. The number of likely N-dealkylation sites (N-methyl/N-ethyl adjacent to an activating group) is 1. The molecule has 1 aliphatic heterocycles. The minimum Gasteiger partial charge on any atom is -0.508 e. The third-order valence-electron chi connectivity index (χ3n) is 8.95. The molecule has 6 atom stereocenters. The second-order valence-corrected chi connectivity index (χ2v) is 11.4. The first-order valence-electron chi connectivity index (χ1n) is 13.2. The summed E-state index contributed by atoms with van der Waals surface area (Å²) in [4.78, 5) is 56.2. The van der Waals surface area contributed by atoms with Crippen molar-refractivity contribution >= 4 is 29.0 Å². The number of amides is 1. The van der Waals surface area contributed by atoms with Gasteiger partial charge in [0.05, 0.1) is 18.2 Å². The lowest BCUT2D eigenvalue weighted by molar-refractivity contribution is -0.153. The monoisotopic (exact) mass is 551 g/mol. The highest BCUT2D eigenvalue weighted by Crippen LogP contribution is 2.53. The van der Waals surface area contributed by atoms with Gasteiger partial charge in [0, 0.05) is 29.1 Å². The number of hydrogen-bond acceptors (Lipinski definition) is 10. The predicted octanol–water partition coefficient (Wildman–Crippen LogP) is 0.796. The van der Waals surface area contributed by atoms with E-state index in [1.54, 1.807) is 0 Å². The van der Waals surface area contributed by atoms with Crippen LogP contribution in [0.2, 0.25) is 0 Å². The van der Waals surface area contributed by atoms with E-state index < -0.39 is 58.0 Å². The molecule has 1 saturated carbocycles. The van der Waals surface area contributed by atoms with Crippen molar-refractivity contribution in [2.75, 3.05) is 20.6 Å². The lowest BCUT2D eigenvalue weighted by Crippen LogP contribution is -2.65. The van der Waals surface area contributed by atoms with Gasteiger partial charge in [-0.25, -0.2) is 0 Å². The van der Waals surface area contributed by atoms with E-state index in [4.69, 9.17) is 5.73 Å². The summed E-state index contributed by atoms with van der Waals surface area (Å²) >= 11 is 0. The first-order valence-corrected chi connectivity index (χ1v) is 13.2. The Morgan fingerprint density at radius 3 is 2.30 bits per heavy atom. The van der Waals surface area contributed by atoms with Crippen LogP contribution in [0.25, 0.3) is 5.76 Å². The van der Waals surface area contributed by atoms with Crippen molar-refractivity contribution in [3.05, 3.63) is 57.9 Å². The van der Waals surface area contributed by atoms with Crippen LogP contribution in [0.4, 0.5) is 0 Å². The Bertz CT molecular complexity index is 1440. The summed E-state index contributed by atoms with van der Waals surface area (Å²) in [5.74, 6) is -7.46. The number of ketones is 3. The molecule has 212 valence electrons. The van der Waals surface area contributed by atoms with Gasteiger partial charge in [0.25, 0.3) is 5.91 Å². The third-order valence-corrected chi connectivity index (χ3v) is 8.95. The van der Waals surface area contributed by atoms with E-state index in [2.05, 4.69) is 0 Å². The van der Waals surface area contributed by atoms with E-state index in [1.165, 1.54) is 31.1 Å². The van der Waals surface area contributed by atoms with E-state index >= 15 is 0 Å². The van der Waals surface area contributed by atoms with Crippen LogP contribution in [0.5, 0.6) is 5.75 Å². The number of primary amides is 1. The van der Waals surface area contributed by atoms with Gasteiger partial charge in [-0.15, -0.1) is 0 Å². The van der Waals surface area contributed by atoms with Gasteiger partial charge < -0.3 is 26.2 Å². The van der Waals surface area contributed by atoms with Crippen molar-refractivity contribution in [1.29, 1.82) is 0 Å². The van der Waals surface area contributed by atoms with Crippen LogP contribution in [-0.4, -0.2) is 97.8 Å². The molecule has 5 rings (SSSR count). The molecule has 0 spiro atoms. The summed E-state index contributed by atoms with van der Waals surface area (Å²) in [7, 11) is 3.08. The molecule has 1 heterocycles. The maximum atomic E-state index is 13.9. The smallest absolute Gasteiger partial charge is 0.255 e. The molecule has 0 saturated heterocycles. The topological polar surface area (TPSA) is 182 Å². The van der Waals surface area contributed by atoms with Gasteiger partial charge >= 0.3 is 0 Å². The van der Waals surface area contributed by atoms with Gasteiger partial charge in [-0.2, -0.15) is 0 Å². The second kappa shape index (κ2) is 9.39. The Kier molecular flexibility index (Phi) is 6.52. The zero-order valence-electron chi connectivity index (χ0n) is 22.7. The van der Waals surface area contributed by atoms with Crippen molar-refractivity contribution < 1.29 is 39.6 Å². The molecular formula is C29H33N3O8. The van der Waals surface area contributed by atoms with Gasteiger partial charge in [-0.3, -0.25) is 29.0 Å². The Hall–Kier alpha value is -3.80. The molecule has 0 radical (unpaired) electrons. The summed E-state index contributed by atoms with van der Waals surface area (Å²) in [5.41, 5.74) is 2.09. The molecule has 0 aromatic heterocycles. The normalized spacial score (nSPS) is 31.9. The highest BCUT2D eigenvalue weighted by Gasteiger charge is 2.64. The summed E-state index contributed by atoms with van der Waals surface area (Å²) in [6.07, 6.45) is 4.05. The number of benzene rings is 1. The number of Topliss-reactive ketones (excluding diaryl/α,β-unsaturated/α-hetero) is 3. The molecule has 1 aromatic carbocycles. The maximum Gasteiger partial charge on any atom is 0.255 e. The molecule has 40 heavy (non-hydrogen) atoms. The number of nitrogens with zero attached hydrogens (tertiary/aromatic N) is 2. The maximum absolute atomic E-state index is 13.9. The number of phenolic OH excluding ortho intramolecular Hbond substituents is 1. The van der Waals surface area contributed by atoms with Crippen molar-refractivity contribution in [3.63, 3.8) is 0 Å². The second-order valence-electron chi connectivity index (χ2n) is 11.4. The van der Waals surface area contributed by atoms with Crippen LogP contribution in [0, 0.1) is 11.8 Å². The fourth-order valence-electron chi connectivity index (χ4n) is 6.96. The van der Waals surface area contributed by atoms with E-state index in [-0.39, 0.29) is 54.1 Å². The molecule has 4 aliphatic rings. The molecule has 11 nitrogen and oxygen atoms in total. The van der Waals surface area contributed by atoms with Crippen LogP contribution in [0.3, 0.4) is 0 Å². The molecular weight excluding hydrogens is 518 g/mol. The lowest BCUT2D eigenvalue weighted by Gasteiger charge is -2.50. The van der Waals surface area contributed by atoms with E-state index in [0.29, 0.717) is 11.1 Å². The Morgan fingerprint density at radius 1 is 1.10 bits per heavy atom. The molecule has 3 aliphatic carbocycles. The summed E-state index contributed by atoms with van der Waals surface area (Å²) < 4.78 is 0. The summed E-state index contributed by atoms with van der Waals surface area (Å²) in [6.45, 7) is 4.06. The van der Waals surface area contributed by atoms with Crippen LogP contribution >= 0.6 is 0 Å². The molecule has 6 N–H and O–H groups in total. The number of aliphatic hydroxyl groups is 3. The highest BCUT2D eigenvalue weighted by molar-refractivity contribution is 6.24. The van der Waals surface area contributed by atoms with Crippen LogP contribution in [0.1, 0.15) is 41.8 Å². The first-order chi connectivity index (χ1) is 18.7. The average Bonchev–Trinajstić information content (AvgIpc) is 3.18. The van der Waals surface area contributed by atoms with Crippen molar-refractivity contribution in [1.82, 2.24) is 9.80 Å². The fourth-order valence-corrected chi connectivity index (χ4v) is 6.96. The molecule has 11 heteroatoms.